The number of hydrogen-bond donors (Lipinski definition) is 0. The van der Waals surface area contributed by atoms with Gasteiger partial charge in [-0.2, -0.15) is 0 Å². The van der Waals surface area contributed by atoms with Gasteiger partial charge in [0.25, 0.3) is 0 Å². The maximum absolute atomic E-state index is 12.0. The molecule has 0 unspecified atom stereocenters. The van der Waals surface area contributed by atoms with Crippen molar-refractivity contribution >= 4 is 11.0 Å². The van der Waals surface area contributed by atoms with Gasteiger partial charge in [-0.1, -0.05) is 42.0 Å². The second kappa shape index (κ2) is 4.73. The van der Waals surface area contributed by atoms with Crippen molar-refractivity contribution in [2.45, 2.75) is 13.3 Å². The predicted molar refractivity (Wildman–Crippen MR) is 76.5 cm³/mol. The van der Waals surface area contributed by atoms with E-state index in [-0.39, 0.29) is 5.63 Å². The van der Waals surface area contributed by atoms with E-state index in [1.165, 1.54) is 0 Å². The van der Waals surface area contributed by atoms with Crippen molar-refractivity contribution in [3.05, 3.63) is 81.7 Å². The van der Waals surface area contributed by atoms with E-state index in [0.717, 1.165) is 16.5 Å². The zero-order chi connectivity index (χ0) is 13.2. The maximum atomic E-state index is 12.0. The van der Waals surface area contributed by atoms with E-state index < -0.39 is 0 Å². The van der Waals surface area contributed by atoms with E-state index >= 15 is 0 Å². The Kier molecular flexibility index (Phi) is 2.92. The molecule has 19 heavy (non-hydrogen) atoms. The Bertz CT molecular complexity index is 770. The summed E-state index contributed by atoms with van der Waals surface area (Å²) in [7, 11) is 0. The highest BCUT2D eigenvalue weighted by Gasteiger charge is 2.06. The minimum atomic E-state index is -0.250. The highest BCUT2D eigenvalue weighted by molar-refractivity contribution is 5.77. The van der Waals surface area contributed by atoms with Gasteiger partial charge in [0.1, 0.15) is 5.58 Å². The quantitative estimate of drug-likeness (QED) is 0.649. The molecule has 2 heteroatoms. The lowest BCUT2D eigenvalue weighted by Crippen LogP contribution is -2.07. The van der Waals surface area contributed by atoms with Crippen LogP contribution in [0.4, 0.5) is 0 Å². The topological polar surface area (TPSA) is 30.2 Å². The van der Waals surface area contributed by atoms with Crippen molar-refractivity contribution in [2.24, 2.45) is 0 Å². The van der Waals surface area contributed by atoms with Gasteiger partial charge in [-0.15, -0.1) is 0 Å². The van der Waals surface area contributed by atoms with Gasteiger partial charge in [0, 0.05) is 17.4 Å². The summed E-state index contributed by atoms with van der Waals surface area (Å²) in [6.45, 7) is 2.03. The highest BCUT2D eigenvalue weighted by Crippen LogP contribution is 2.16. The van der Waals surface area contributed by atoms with Crippen LogP contribution < -0.4 is 5.63 Å². The second-order valence-corrected chi connectivity index (χ2v) is 4.76. The van der Waals surface area contributed by atoms with E-state index in [2.05, 4.69) is 0 Å². The monoisotopic (exact) mass is 250 g/mol. The van der Waals surface area contributed by atoms with E-state index in [1.54, 1.807) is 0 Å². The molecule has 0 spiro atoms. The summed E-state index contributed by atoms with van der Waals surface area (Å²) in [6.07, 6.45) is 0.604. The Hall–Kier alpha value is -2.35. The lowest BCUT2D eigenvalue weighted by atomic mass is 10.0. The van der Waals surface area contributed by atoms with E-state index in [1.807, 2.05) is 61.5 Å². The standard InChI is InChI=1S/C17H14O2/c1-12-7-8-16-14(9-12)11-15(17(18)19-16)10-13-5-3-2-4-6-13/h2-9,11H,10H2,1H3. The lowest BCUT2D eigenvalue weighted by Gasteiger charge is -2.03. The van der Waals surface area contributed by atoms with Crippen LogP contribution in [0, 0.1) is 6.92 Å². The molecule has 0 fully saturated rings. The first-order valence-electron chi connectivity index (χ1n) is 6.30. The van der Waals surface area contributed by atoms with E-state index in [4.69, 9.17) is 4.42 Å². The molecule has 0 saturated carbocycles. The molecule has 2 aromatic carbocycles. The van der Waals surface area contributed by atoms with Gasteiger partial charge < -0.3 is 4.42 Å². The molecule has 0 atom stereocenters. The van der Waals surface area contributed by atoms with Gasteiger partial charge in [0.05, 0.1) is 0 Å². The van der Waals surface area contributed by atoms with E-state index in [9.17, 15) is 4.79 Å². The smallest absolute Gasteiger partial charge is 0.339 e. The Balaban J connectivity index is 2.08. The second-order valence-electron chi connectivity index (χ2n) is 4.76. The van der Waals surface area contributed by atoms with Crippen molar-refractivity contribution in [2.75, 3.05) is 0 Å². The molecule has 2 nitrogen and oxygen atoms in total. The van der Waals surface area contributed by atoms with Crippen LogP contribution in [0.2, 0.25) is 0 Å². The average Bonchev–Trinajstić information content (AvgIpc) is 2.41. The highest BCUT2D eigenvalue weighted by atomic mass is 16.4. The molecule has 0 radical (unpaired) electrons. The van der Waals surface area contributed by atoms with Crippen LogP contribution in [0.1, 0.15) is 16.7 Å². The van der Waals surface area contributed by atoms with Crippen LogP contribution in [0.3, 0.4) is 0 Å². The number of aryl methyl sites for hydroxylation is 1. The summed E-state index contributed by atoms with van der Waals surface area (Å²) >= 11 is 0. The van der Waals surface area contributed by atoms with Crippen molar-refractivity contribution in [3.8, 4) is 0 Å². The zero-order valence-electron chi connectivity index (χ0n) is 10.7. The van der Waals surface area contributed by atoms with Crippen LogP contribution in [-0.2, 0) is 6.42 Å². The van der Waals surface area contributed by atoms with Gasteiger partial charge in [-0.25, -0.2) is 4.79 Å². The minimum Gasteiger partial charge on any atom is -0.423 e. The summed E-state index contributed by atoms with van der Waals surface area (Å²) in [4.78, 5) is 12.0. The number of fused-ring (bicyclic) bond motifs is 1. The summed E-state index contributed by atoms with van der Waals surface area (Å²) in [5, 5.41) is 0.977. The van der Waals surface area contributed by atoms with Crippen LogP contribution in [0.15, 0.2) is 63.8 Å². The van der Waals surface area contributed by atoms with Gasteiger partial charge in [-0.3, -0.25) is 0 Å². The molecule has 3 aromatic rings. The van der Waals surface area contributed by atoms with Crippen LogP contribution in [-0.4, -0.2) is 0 Å². The Morgan fingerprint density at radius 1 is 1.00 bits per heavy atom. The Morgan fingerprint density at radius 2 is 1.79 bits per heavy atom. The van der Waals surface area contributed by atoms with Gasteiger partial charge in [0.15, 0.2) is 0 Å². The van der Waals surface area contributed by atoms with Gasteiger partial charge in [-0.05, 0) is 30.7 Å². The lowest BCUT2D eigenvalue weighted by molar-refractivity contribution is 0.552. The molecule has 0 N–H and O–H groups in total. The fourth-order valence-electron chi connectivity index (χ4n) is 2.22. The van der Waals surface area contributed by atoms with Crippen molar-refractivity contribution in [3.63, 3.8) is 0 Å². The first-order chi connectivity index (χ1) is 9.22. The Labute approximate surface area is 111 Å². The third kappa shape index (κ3) is 2.43. The Morgan fingerprint density at radius 3 is 2.58 bits per heavy atom. The first-order valence-corrected chi connectivity index (χ1v) is 6.30. The summed E-state index contributed by atoms with van der Waals surface area (Å²) in [5.74, 6) is 0. The molecule has 0 bridgehead atoms. The fourth-order valence-corrected chi connectivity index (χ4v) is 2.22. The van der Waals surface area contributed by atoms with Gasteiger partial charge in [0.2, 0.25) is 0 Å². The summed E-state index contributed by atoms with van der Waals surface area (Å²) in [5.41, 5.74) is 3.37. The molecule has 0 aliphatic heterocycles. The molecule has 1 heterocycles. The van der Waals surface area contributed by atoms with Crippen LogP contribution in [0.5, 0.6) is 0 Å². The van der Waals surface area contributed by atoms with Crippen LogP contribution >= 0.6 is 0 Å². The number of benzene rings is 2. The average molecular weight is 250 g/mol. The largest absolute Gasteiger partial charge is 0.423 e. The zero-order valence-corrected chi connectivity index (χ0v) is 10.7. The number of rotatable bonds is 2. The molecular formula is C17H14O2. The molecular weight excluding hydrogens is 236 g/mol. The van der Waals surface area contributed by atoms with Gasteiger partial charge >= 0.3 is 5.63 Å². The normalized spacial score (nSPS) is 10.8. The molecule has 3 rings (SSSR count). The SMILES string of the molecule is Cc1ccc2oc(=O)c(Cc3ccccc3)cc2c1. The van der Waals surface area contributed by atoms with Crippen molar-refractivity contribution in [1.82, 2.24) is 0 Å². The molecule has 0 amide bonds. The summed E-state index contributed by atoms with van der Waals surface area (Å²) < 4.78 is 5.36. The molecule has 0 saturated heterocycles. The molecule has 0 aliphatic rings. The van der Waals surface area contributed by atoms with E-state index in [0.29, 0.717) is 17.6 Å². The first kappa shape index (κ1) is 11.7. The van der Waals surface area contributed by atoms with Crippen LogP contribution in [0.25, 0.3) is 11.0 Å². The summed E-state index contributed by atoms with van der Waals surface area (Å²) in [6, 6.07) is 17.7. The number of hydrogen-bond acceptors (Lipinski definition) is 2. The van der Waals surface area contributed by atoms with Crippen molar-refractivity contribution < 1.29 is 4.42 Å². The third-order valence-corrected chi connectivity index (χ3v) is 3.20. The minimum absolute atomic E-state index is 0.250. The molecule has 1 aromatic heterocycles. The molecule has 0 aliphatic carbocycles. The third-order valence-electron chi connectivity index (χ3n) is 3.20. The van der Waals surface area contributed by atoms with Crippen molar-refractivity contribution in [1.29, 1.82) is 0 Å². The molecule has 94 valence electrons. The predicted octanol–water partition coefficient (Wildman–Crippen LogP) is 3.69. The maximum Gasteiger partial charge on any atom is 0.339 e. The fraction of sp³-hybridized carbons (Fsp3) is 0.118.